The van der Waals surface area contributed by atoms with Crippen LogP contribution in [0.5, 0.6) is 0 Å². The van der Waals surface area contributed by atoms with E-state index in [1.807, 2.05) is 13.8 Å². The fourth-order valence-electron chi connectivity index (χ4n) is 4.17. The molecule has 2 aliphatic rings. The van der Waals surface area contributed by atoms with Gasteiger partial charge in [0.1, 0.15) is 0 Å². The molecular formula is C22H32N2O6S. The van der Waals surface area contributed by atoms with Crippen LogP contribution in [0.1, 0.15) is 56.3 Å². The molecule has 1 saturated heterocycles. The largest absolute Gasteiger partial charge is 0.452 e. The van der Waals surface area contributed by atoms with Crippen LogP contribution in [0, 0.1) is 5.92 Å². The van der Waals surface area contributed by atoms with Gasteiger partial charge in [-0.1, -0.05) is 25.3 Å². The van der Waals surface area contributed by atoms with E-state index >= 15 is 0 Å². The predicted molar refractivity (Wildman–Crippen MR) is 115 cm³/mol. The number of hydrogen-bond donors (Lipinski definition) is 1. The monoisotopic (exact) mass is 452 g/mol. The fraction of sp³-hybridized carbons (Fsp3) is 0.636. The standard InChI is InChI=1S/C22H32N2O6S/c1-16-13-24(14-17(2)30-16)31(27,28)20-10-6-9-19(11-20)22(26)29-15-21(25)23-12-18-7-4-3-5-8-18/h6,9-11,16-18H,3-5,7-8,12-15H2,1-2H3,(H,23,25). The number of nitrogens with zero attached hydrogens (tertiary/aromatic N) is 1. The Balaban J connectivity index is 1.56. The molecule has 172 valence electrons. The summed E-state index contributed by atoms with van der Waals surface area (Å²) in [6, 6.07) is 5.72. The van der Waals surface area contributed by atoms with Gasteiger partial charge in [-0.25, -0.2) is 13.2 Å². The molecule has 2 atom stereocenters. The summed E-state index contributed by atoms with van der Waals surface area (Å²) in [5.41, 5.74) is 0.0931. The lowest BCUT2D eigenvalue weighted by molar-refractivity contribution is -0.124. The fourth-order valence-corrected chi connectivity index (χ4v) is 5.81. The molecule has 1 aliphatic heterocycles. The van der Waals surface area contributed by atoms with E-state index in [4.69, 9.17) is 9.47 Å². The Morgan fingerprint density at radius 3 is 2.48 bits per heavy atom. The van der Waals surface area contributed by atoms with Gasteiger partial charge in [0.05, 0.1) is 22.7 Å². The highest BCUT2D eigenvalue weighted by Gasteiger charge is 2.32. The van der Waals surface area contributed by atoms with E-state index in [0.717, 1.165) is 12.8 Å². The normalized spacial score (nSPS) is 23.3. The maximum absolute atomic E-state index is 13.0. The maximum Gasteiger partial charge on any atom is 0.338 e. The molecule has 3 rings (SSSR count). The van der Waals surface area contributed by atoms with E-state index in [1.165, 1.54) is 47.8 Å². The van der Waals surface area contributed by atoms with Crippen molar-refractivity contribution in [1.29, 1.82) is 0 Å². The first-order valence-electron chi connectivity index (χ1n) is 10.9. The number of hydrogen-bond acceptors (Lipinski definition) is 6. The van der Waals surface area contributed by atoms with Crippen LogP contribution < -0.4 is 5.32 Å². The zero-order valence-corrected chi connectivity index (χ0v) is 19.0. The average Bonchev–Trinajstić information content (AvgIpc) is 2.76. The van der Waals surface area contributed by atoms with Crippen LogP contribution in [0.2, 0.25) is 0 Å². The van der Waals surface area contributed by atoms with Gasteiger partial charge >= 0.3 is 5.97 Å². The van der Waals surface area contributed by atoms with E-state index in [-0.39, 0.29) is 48.3 Å². The number of esters is 1. The van der Waals surface area contributed by atoms with Crippen molar-refractivity contribution < 1.29 is 27.5 Å². The highest BCUT2D eigenvalue weighted by atomic mass is 32.2. The molecule has 0 bridgehead atoms. The third-order valence-electron chi connectivity index (χ3n) is 5.74. The van der Waals surface area contributed by atoms with Crippen LogP contribution in [0.15, 0.2) is 29.2 Å². The number of amides is 1. The highest BCUT2D eigenvalue weighted by molar-refractivity contribution is 7.89. The van der Waals surface area contributed by atoms with Crippen LogP contribution in [0.4, 0.5) is 0 Å². The molecule has 1 N–H and O–H groups in total. The van der Waals surface area contributed by atoms with Crippen molar-refractivity contribution >= 4 is 21.9 Å². The van der Waals surface area contributed by atoms with Gasteiger partial charge in [0.25, 0.3) is 5.91 Å². The van der Waals surface area contributed by atoms with Gasteiger partial charge in [-0.15, -0.1) is 0 Å². The second kappa shape index (κ2) is 10.6. The zero-order valence-electron chi connectivity index (χ0n) is 18.2. The van der Waals surface area contributed by atoms with Crippen molar-refractivity contribution in [1.82, 2.24) is 9.62 Å². The SMILES string of the molecule is CC1CN(S(=O)(=O)c2cccc(C(=O)OCC(=O)NCC3CCCCC3)c2)CC(C)O1. The molecule has 9 heteroatoms. The molecule has 2 fully saturated rings. The second-order valence-corrected chi connectivity index (χ2v) is 10.4. The molecule has 1 aliphatic carbocycles. The number of nitrogens with one attached hydrogen (secondary N) is 1. The summed E-state index contributed by atoms with van der Waals surface area (Å²) in [5, 5.41) is 2.82. The molecule has 2 unspecified atom stereocenters. The third-order valence-corrected chi connectivity index (χ3v) is 7.57. The van der Waals surface area contributed by atoms with Crippen LogP contribution in [-0.4, -0.2) is 63.0 Å². The zero-order chi connectivity index (χ0) is 22.4. The Hall–Kier alpha value is -1.97. The number of carbonyl (C=O) groups is 2. The minimum atomic E-state index is -3.77. The summed E-state index contributed by atoms with van der Waals surface area (Å²) in [6.07, 6.45) is 5.44. The van der Waals surface area contributed by atoms with E-state index < -0.39 is 16.0 Å². The first kappa shape index (κ1) is 23.7. The van der Waals surface area contributed by atoms with Crippen LogP contribution in [0.25, 0.3) is 0 Å². The van der Waals surface area contributed by atoms with E-state index in [2.05, 4.69) is 5.32 Å². The van der Waals surface area contributed by atoms with Gasteiger partial charge in [0, 0.05) is 19.6 Å². The Morgan fingerprint density at radius 2 is 1.81 bits per heavy atom. The van der Waals surface area contributed by atoms with Gasteiger partial charge < -0.3 is 14.8 Å². The van der Waals surface area contributed by atoms with E-state index in [1.54, 1.807) is 0 Å². The van der Waals surface area contributed by atoms with Crippen molar-refractivity contribution in [3.63, 3.8) is 0 Å². The summed E-state index contributed by atoms with van der Waals surface area (Å²) < 4.78 is 38.1. The molecule has 1 aromatic carbocycles. The molecule has 8 nitrogen and oxygen atoms in total. The van der Waals surface area contributed by atoms with Crippen molar-refractivity contribution in [3.8, 4) is 0 Å². The molecular weight excluding hydrogens is 420 g/mol. The van der Waals surface area contributed by atoms with Crippen molar-refractivity contribution in [3.05, 3.63) is 29.8 Å². The number of rotatable bonds is 7. The Bertz CT molecular complexity index is 872. The molecule has 0 spiro atoms. The smallest absolute Gasteiger partial charge is 0.338 e. The molecule has 1 aromatic rings. The summed E-state index contributed by atoms with van der Waals surface area (Å²) in [6.45, 7) is 4.36. The number of benzene rings is 1. The van der Waals surface area contributed by atoms with Crippen LogP contribution >= 0.6 is 0 Å². The molecule has 0 aromatic heterocycles. The van der Waals surface area contributed by atoms with Gasteiger partial charge in [-0.3, -0.25) is 4.79 Å². The molecule has 1 heterocycles. The van der Waals surface area contributed by atoms with Gasteiger partial charge in [-0.05, 0) is 50.8 Å². The lowest BCUT2D eigenvalue weighted by atomic mass is 9.89. The predicted octanol–water partition coefficient (Wildman–Crippen LogP) is 2.34. The average molecular weight is 453 g/mol. The van der Waals surface area contributed by atoms with E-state index in [0.29, 0.717) is 12.5 Å². The first-order chi connectivity index (χ1) is 14.8. The van der Waals surface area contributed by atoms with Gasteiger partial charge in [0.2, 0.25) is 10.0 Å². The van der Waals surface area contributed by atoms with Crippen molar-refractivity contribution in [2.24, 2.45) is 5.92 Å². The number of morpholine rings is 1. The van der Waals surface area contributed by atoms with Crippen molar-refractivity contribution in [2.45, 2.75) is 63.1 Å². The van der Waals surface area contributed by atoms with Crippen LogP contribution in [0.3, 0.4) is 0 Å². The number of sulfonamides is 1. The minimum Gasteiger partial charge on any atom is -0.452 e. The lowest BCUT2D eigenvalue weighted by Gasteiger charge is -2.34. The minimum absolute atomic E-state index is 0.0185. The molecule has 31 heavy (non-hydrogen) atoms. The Morgan fingerprint density at radius 1 is 1.13 bits per heavy atom. The highest BCUT2D eigenvalue weighted by Crippen LogP contribution is 2.23. The Kier molecular flexibility index (Phi) is 8.07. The number of carbonyl (C=O) groups excluding carboxylic acids is 2. The number of ether oxygens (including phenoxy) is 2. The van der Waals surface area contributed by atoms with Crippen LogP contribution in [-0.2, 0) is 24.3 Å². The van der Waals surface area contributed by atoms with E-state index in [9.17, 15) is 18.0 Å². The first-order valence-corrected chi connectivity index (χ1v) is 12.4. The summed E-state index contributed by atoms with van der Waals surface area (Å²) >= 11 is 0. The lowest BCUT2D eigenvalue weighted by Crippen LogP contribution is -2.48. The van der Waals surface area contributed by atoms with Gasteiger partial charge in [-0.2, -0.15) is 4.31 Å². The maximum atomic E-state index is 13.0. The van der Waals surface area contributed by atoms with Crippen molar-refractivity contribution in [2.75, 3.05) is 26.2 Å². The molecule has 0 radical (unpaired) electrons. The molecule has 1 amide bonds. The Labute approximate surface area is 184 Å². The topological polar surface area (TPSA) is 102 Å². The molecule has 1 saturated carbocycles. The summed E-state index contributed by atoms with van der Waals surface area (Å²) in [5.74, 6) is -0.589. The summed E-state index contributed by atoms with van der Waals surface area (Å²) in [4.78, 5) is 24.4. The third kappa shape index (κ3) is 6.51. The summed E-state index contributed by atoms with van der Waals surface area (Å²) in [7, 11) is -3.77. The van der Waals surface area contributed by atoms with Gasteiger partial charge in [0.15, 0.2) is 6.61 Å². The quantitative estimate of drug-likeness (QED) is 0.637. The second-order valence-electron chi connectivity index (χ2n) is 8.49.